The minimum absolute atomic E-state index is 0.00557. The number of hydrogen-bond donors (Lipinski definition) is 0. The lowest BCUT2D eigenvalue weighted by Gasteiger charge is -2.12. The highest BCUT2D eigenvalue weighted by Gasteiger charge is 2.31. The molecule has 0 unspecified atom stereocenters. The quantitative estimate of drug-likeness (QED) is 0.720. The summed E-state index contributed by atoms with van der Waals surface area (Å²) < 4.78 is 43.7. The van der Waals surface area contributed by atoms with Gasteiger partial charge >= 0.3 is 6.18 Å². The lowest BCUT2D eigenvalue weighted by molar-refractivity contribution is -0.137. The molecule has 106 valence electrons. The van der Waals surface area contributed by atoms with Gasteiger partial charge in [-0.2, -0.15) is 13.2 Å². The van der Waals surface area contributed by atoms with Gasteiger partial charge in [0.25, 0.3) is 0 Å². The summed E-state index contributed by atoms with van der Waals surface area (Å²) in [6, 6.07) is 12.8. The Labute approximate surface area is 119 Å². The Balaban J connectivity index is 2.19. The molecule has 0 N–H and O–H groups in total. The van der Waals surface area contributed by atoms with Gasteiger partial charge in [0.05, 0.1) is 5.56 Å². The van der Waals surface area contributed by atoms with Crippen LogP contribution >= 0.6 is 11.6 Å². The zero-order valence-electron chi connectivity index (χ0n) is 10.5. The second-order valence-electron chi connectivity index (χ2n) is 4.27. The van der Waals surface area contributed by atoms with Crippen molar-refractivity contribution in [2.75, 3.05) is 0 Å². The average molecular weight is 301 g/mol. The van der Waals surface area contributed by atoms with Crippen LogP contribution in [0.2, 0.25) is 0 Å². The van der Waals surface area contributed by atoms with E-state index in [0.29, 0.717) is 5.56 Å². The van der Waals surface area contributed by atoms with E-state index < -0.39 is 11.7 Å². The molecule has 1 nitrogen and oxygen atoms in total. The molecular formula is C15H12ClF3O. The predicted octanol–water partition coefficient (Wildman–Crippen LogP) is 5.02. The minimum atomic E-state index is -4.41. The van der Waals surface area contributed by atoms with E-state index in [9.17, 15) is 13.2 Å². The molecule has 0 saturated carbocycles. The van der Waals surface area contributed by atoms with Crippen molar-refractivity contribution in [2.24, 2.45) is 0 Å². The Bertz CT molecular complexity index is 567. The summed E-state index contributed by atoms with van der Waals surface area (Å²) in [5.74, 6) is 0.172. The fraction of sp³-hybridized carbons (Fsp3) is 0.200. The van der Waals surface area contributed by atoms with Crippen LogP contribution in [0.4, 0.5) is 13.2 Å². The highest BCUT2D eigenvalue weighted by molar-refractivity contribution is 6.17. The number of ether oxygens (including phenoxy) is 1. The molecule has 0 heterocycles. The van der Waals surface area contributed by atoms with Gasteiger partial charge in [-0.25, -0.2) is 0 Å². The topological polar surface area (TPSA) is 9.23 Å². The molecule has 0 fully saturated rings. The van der Waals surface area contributed by atoms with Crippen molar-refractivity contribution in [3.8, 4) is 5.75 Å². The number of rotatable bonds is 4. The predicted molar refractivity (Wildman–Crippen MR) is 71.8 cm³/mol. The van der Waals surface area contributed by atoms with Crippen LogP contribution in [-0.4, -0.2) is 0 Å². The molecule has 5 heteroatoms. The molecule has 0 aliphatic heterocycles. The van der Waals surface area contributed by atoms with Crippen LogP contribution in [0, 0.1) is 0 Å². The van der Waals surface area contributed by atoms with Gasteiger partial charge in [-0.05, 0) is 29.3 Å². The van der Waals surface area contributed by atoms with Gasteiger partial charge in [-0.3, -0.25) is 0 Å². The van der Waals surface area contributed by atoms with Gasteiger partial charge in [0, 0.05) is 5.88 Å². The van der Waals surface area contributed by atoms with Crippen molar-refractivity contribution in [1.82, 2.24) is 0 Å². The number of benzene rings is 2. The third-order valence-electron chi connectivity index (χ3n) is 2.70. The molecule has 0 bridgehead atoms. The van der Waals surface area contributed by atoms with Crippen molar-refractivity contribution < 1.29 is 17.9 Å². The lowest BCUT2D eigenvalue weighted by Crippen LogP contribution is -2.06. The lowest BCUT2D eigenvalue weighted by atomic mass is 10.1. The number of alkyl halides is 4. The first-order valence-electron chi connectivity index (χ1n) is 5.93. The zero-order chi connectivity index (χ0) is 14.6. The second-order valence-corrected chi connectivity index (χ2v) is 4.54. The maximum absolute atomic E-state index is 12.7. The Morgan fingerprint density at radius 1 is 0.950 bits per heavy atom. The normalized spacial score (nSPS) is 11.4. The fourth-order valence-electron chi connectivity index (χ4n) is 1.73. The summed E-state index contributed by atoms with van der Waals surface area (Å²) in [6.07, 6.45) is -4.41. The van der Waals surface area contributed by atoms with Gasteiger partial charge in [0.1, 0.15) is 12.4 Å². The molecule has 0 radical (unpaired) electrons. The maximum atomic E-state index is 12.7. The SMILES string of the molecule is FC(F)(F)c1cc(CCl)cc(OCc2ccccc2)c1. The van der Waals surface area contributed by atoms with Gasteiger partial charge in [0.2, 0.25) is 0 Å². The van der Waals surface area contributed by atoms with E-state index in [4.69, 9.17) is 16.3 Å². The van der Waals surface area contributed by atoms with E-state index in [2.05, 4.69) is 0 Å². The van der Waals surface area contributed by atoms with E-state index in [1.165, 1.54) is 6.07 Å². The Hall–Kier alpha value is -1.68. The standard InChI is InChI=1S/C15H12ClF3O/c16-9-12-6-13(15(17,18)19)8-14(7-12)20-10-11-4-2-1-3-5-11/h1-8H,9-10H2. The summed E-state index contributed by atoms with van der Waals surface area (Å²) in [5.41, 5.74) is 0.514. The number of hydrogen-bond acceptors (Lipinski definition) is 1. The van der Waals surface area contributed by atoms with Crippen molar-refractivity contribution in [1.29, 1.82) is 0 Å². The van der Waals surface area contributed by atoms with E-state index in [1.54, 1.807) is 0 Å². The van der Waals surface area contributed by atoms with Crippen LogP contribution in [0.15, 0.2) is 48.5 Å². The molecule has 0 saturated heterocycles. The highest BCUT2D eigenvalue weighted by atomic mass is 35.5. The molecule has 2 aromatic carbocycles. The van der Waals surface area contributed by atoms with Crippen molar-refractivity contribution in [3.63, 3.8) is 0 Å². The van der Waals surface area contributed by atoms with Crippen LogP contribution in [0.25, 0.3) is 0 Å². The summed E-state index contributed by atoms with van der Waals surface area (Å²) in [7, 11) is 0. The van der Waals surface area contributed by atoms with E-state index in [-0.39, 0.29) is 18.2 Å². The summed E-state index contributed by atoms with van der Waals surface area (Å²) in [6.45, 7) is 0.212. The molecular weight excluding hydrogens is 289 g/mol. The van der Waals surface area contributed by atoms with Crippen LogP contribution in [0.5, 0.6) is 5.75 Å². The monoisotopic (exact) mass is 300 g/mol. The molecule has 0 spiro atoms. The first-order valence-corrected chi connectivity index (χ1v) is 6.46. The third-order valence-corrected chi connectivity index (χ3v) is 3.00. The van der Waals surface area contributed by atoms with Gasteiger partial charge in [0.15, 0.2) is 0 Å². The van der Waals surface area contributed by atoms with Gasteiger partial charge < -0.3 is 4.74 Å². The van der Waals surface area contributed by atoms with E-state index in [0.717, 1.165) is 17.7 Å². The average Bonchev–Trinajstić information content (AvgIpc) is 2.45. The highest BCUT2D eigenvalue weighted by Crippen LogP contribution is 2.33. The van der Waals surface area contributed by atoms with Gasteiger partial charge in [-0.15, -0.1) is 11.6 Å². The molecule has 0 amide bonds. The maximum Gasteiger partial charge on any atom is 0.416 e. The van der Waals surface area contributed by atoms with Crippen LogP contribution in [-0.2, 0) is 18.7 Å². The number of halogens is 4. The van der Waals surface area contributed by atoms with Crippen molar-refractivity contribution >= 4 is 11.6 Å². The van der Waals surface area contributed by atoms with Crippen molar-refractivity contribution in [3.05, 3.63) is 65.2 Å². The Morgan fingerprint density at radius 2 is 1.65 bits per heavy atom. The third kappa shape index (κ3) is 3.90. The largest absolute Gasteiger partial charge is 0.489 e. The minimum Gasteiger partial charge on any atom is -0.489 e. The first kappa shape index (κ1) is 14.7. The molecule has 2 rings (SSSR count). The zero-order valence-corrected chi connectivity index (χ0v) is 11.2. The molecule has 0 aliphatic rings. The second kappa shape index (κ2) is 6.18. The molecule has 0 aromatic heterocycles. The van der Waals surface area contributed by atoms with Gasteiger partial charge in [-0.1, -0.05) is 30.3 Å². The van der Waals surface area contributed by atoms with Crippen molar-refractivity contribution in [2.45, 2.75) is 18.7 Å². The van der Waals surface area contributed by atoms with Crippen LogP contribution < -0.4 is 4.74 Å². The molecule has 0 atom stereocenters. The first-order chi connectivity index (χ1) is 9.49. The molecule has 2 aromatic rings. The Kier molecular flexibility index (Phi) is 4.55. The Morgan fingerprint density at radius 3 is 2.25 bits per heavy atom. The molecule has 20 heavy (non-hydrogen) atoms. The molecule has 0 aliphatic carbocycles. The van der Waals surface area contributed by atoms with E-state index >= 15 is 0 Å². The summed E-state index contributed by atoms with van der Waals surface area (Å²) >= 11 is 5.62. The van der Waals surface area contributed by atoms with Crippen LogP contribution in [0.3, 0.4) is 0 Å². The summed E-state index contributed by atoms with van der Waals surface area (Å²) in [5, 5.41) is 0. The summed E-state index contributed by atoms with van der Waals surface area (Å²) in [4.78, 5) is 0. The van der Waals surface area contributed by atoms with Crippen LogP contribution in [0.1, 0.15) is 16.7 Å². The fourth-order valence-corrected chi connectivity index (χ4v) is 1.88. The smallest absolute Gasteiger partial charge is 0.416 e. The van der Waals surface area contributed by atoms with E-state index in [1.807, 2.05) is 30.3 Å².